The Morgan fingerprint density at radius 2 is 1.72 bits per heavy atom. The van der Waals surface area contributed by atoms with Gasteiger partial charge in [0.25, 0.3) is 5.91 Å². The van der Waals surface area contributed by atoms with E-state index in [4.69, 9.17) is 26.3 Å². The zero-order valence-corrected chi connectivity index (χ0v) is 27.9. The summed E-state index contributed by atoms with van der Waals surface area (Å²) in [5, 5.41) is 22.3. The molecule has 2 amide bonds. The number of hydrogen-bond acceptors (Lipinski definition) is 9. The van der Waals surface area contributed by atoms with Gasteiger partial charge in [-0.1, -0.05) is 39.3 Å². The molecule has 11 nitrogen and oxygen atoms in total. The van der Waals surface area contributed by atoms with Crippen LogP contribution in [0.25, 0.3) is 0 Å². The summed E-state index contributed by atoms with van der Waals surface area (Å²) in [6, 6.07) is 6.94. The molecule has 0 bridgehead atoms. The molecule has 0 radical (unpaired) electrons. The molecule has 3 heterocycles. The fourth-order valence-electron chi connectivity index (χ4n) is 7.45. The number of nitriles is 1. The zero-order chi connectivity index (χ0) is 33.1. The van der Waals surface area contributed by atoms with Gasteiger partial charge in [-0.05, 0) is 50.2 Å². The van der Waals surface area contributed by atoms with Crippen LogP contribution >= 0.6 is 11.6 Å². The molecule has 0 atom stereocenters. The van der Waals surface area contributed by atoms with Crippen molar-refractivity contribution in [1.29, 1.82) is 5.26 Å². The lowest BCUT2D eigenvalue weighted by atomic mass is 9.49. The lowest BCUT2D eigenvalue weighted by Gasteiger charge is -2.63. The summed E-state index contributed by atoms with van der Waals surface area (Å²) < 4.78 is 12.0. The van der Waals surface area contributed by atoms with Crippen molar-refractivity contribution in [2.75, 3.05) is 44.3 Å². The average molecular weight is 653 g/mol. The minimum Gasteiger partial charge on any atom is -0.489 e. The van der Waals surface area contributed by atoms with Gasteiger partial charge in [0, 0.05) is 68.1 Å². The van der Waals surface area contributed by atoms with Gasteiger partial charge in [-0.15, -0.1) is 0 Å². The van der Waals surface area contributed by atoms with Crippen molar-refractivity contribution in [3.63, 3.8) is 0 Å². The van der Waals surface area contributed by atoms with Gasteiger partial charge in [0.05, 0.1) is 22.3 Å². The molecule has 1 aromatic carbocycles. The van der Waals surface area contributed by atoms with Gasteiger partial charge in [0.1, 0.15) is 24.5 Å². The first-order valence-corrected chi connectivity index (χ1v) is 16.6. The van der Waals surface area contributed by atoms with E-state index in [1.54, 1.807) is 35.5 Å². The van der Waals surface area contributed by atoms with Gasteiger partial charge in [-0.2, -0.15) is 5.26 Å². The summed E-state index contributed by atoms with van der Waals surface area (Å²) in [4.78, 5) is 38.5. The number of nitrogens with zero attached hydrogens (tertiary/aromatic N) is 5. The summed E-state index contributed by atoms with van der Waals surface area (Å²) in [6.07, 6.45) is 6.82. The number of nitrogens with one attached hydrogen (secondary N) is 1. The van der Waals surface area contributed by atoms with Crippen LogP contribution in [0.5, 0.6) is 5.75 Å². The summed E-state index contributed by atoms with van der Waals surface area (Å²) in [7, 11) is 0. The molecule has 2 aromatic rings. The molecule has 2 saturated heterocycles. The van der Waals surface area contributed by atoms with E-state index in [2.05, 4.69) is 53.9 Å². The first kappa shape index (κ1) is 33.9. The first-order valence-electron chi connectivity index (χ1n) is 16.2. The number of amides is 2. The number of aromatic nitrogens is 2. The number of benzene rings is 1. The van der Waals surface area contributed by atoms with E-state index >= 15 is 0 Å². The van der Waals surface area contributed by atoms with Crippen LogP contribution in [0.1, 0.15) is 75.7 Å². The van der Waals surface area contributed by atoms with Crippen LogP contribution in [-0.4, -0.2) is 89.4 Å². The molecule has 1 aromatic heterocycles. The number of likely N-dealkylation sites (tertiary alicyclic amines) is 1. The van der Waals surface area contributed by atoms with Crippen LogP contribution in [0, 0.1) is 28.1 Å². The highest BCUT2D eigenvalue weighted by molar-refractivity contribution is 6.31. The van der Waals surface area contributed by atoms with E-state index in [0.29, 0.717) is 66.3 Å². The molecule has 5 rings (SSSR count). The Bertz CT molecular complexity index is 1410. The van der Waals surface area contributed by atoms with Gasteiger partial charge in [0.2, 0.25) is 11.9 Å². The third-order valence-electron chi connectivity index (χ3n) is 9.94. The SMILES string of the molecule is CC1(C)C(NC(=O)c2cnc(N3CCC(CCOCC(=O)N4CCC(O)CC4)CC3)nc2)C(C)(C)C1Oc1ccc(C#N)c(Cl)c1. The summed E-state index contributed by atoms with van der Waals surface area (Å²) in [5.41, 5.74) is 0.0552. The molecule has 2 aliphatic heterocycles. The Hall–Kier alpha value is -3.46. The van der Waals surface area contributed by atoms with E-state index in [1.165, 1.54) is 0 Å². The van der Waals surface area contributed by atoms with Crippen LogP contribution in [0.15, 0.2) is 30.6 Å². The molecular formula is C34H45ClN6O5. The van der Waals surface area contributed by atoms with Crippen molar-refractivity contribution in [2.24, 2.45) is 16.7 Å². The number of rotatable bonds is 10. The molecule has 1 saturated carbocycles. The number of anilines is 1. The Morgan fingerprint density at radius 1 is 1.07 bits per heavy atom. The van der Waals surface area contributed by atoms with Crippen molar-refractivity contribution in [3.8, 4) is 11.8 Å². The standard InChI is InChI=1S/C34H45ClN6O5/c1-33(2)30(34(3,4)31(33)46-26-6-5-23(18-36)27(35)17-26)39-29(44)24-19-37-32(38-20-24)41-12-7-22(8-13-41)11-16-45-21-28(43)40-14-9-25(42)10-15-40/h5-6,17,19-20,22,25,30-31,42H,7-16,21H2,1-4H3,(H,39,44). The van der Waals surface area contributed by atoms with E-state index in [-0.39, 0.29) is 47.5 Å². The fourth-order valence-corrected chi connectivity index (χ4v) is 7.66. The van der Waals surface area contributed by atoms with Crippen LogP contribution < -0.4 is 15.0 Å². The minimum atomic E-state index is -0.372. The highest BCUT2D eigenvalue weighted by Crippen LogP contribution is 2.55. The minimum absolute atomic E-state index is 0.000222. The number of carbonyl (C=O) groups is 2. The van der Waals surface area contributed by atoms with Crippen molar-refractivity contribution >= 4 is 29.4 Å². The largest absolute Gasteiger partial charge is 0.489 e. The second-order valence-corrected chi connectivity index (χ2v) is 14.4. The second kappa shape index (κ2) is 14.1. The predicted octanol–water partition coefficient (Wildman–Crippen LogP) is 4.22. The Kier molecular flexibility index (Phi) is 10.4. The lowest BCUT2D eigenvalue weighted by molar-refractivity contribution is -0.164. The third kappa shape index (κ3) is 7.40. The first-order chi connectivity index (χ1) is 21.9. The second-order valence-electron chi connectivity index (χ2n) is 14.0. The average Bonchev–Trinajstić information content (AvgIpc) is 3.04. The molecule has 248 valence electrons. The highest BCUT2D eigenvalue weighted by atomic mass is 35.5. The van der Waals surface area contributed by atoms with Crippen molar-refractivity contribution < 1.29 is 24.2 Å². The van der Waals surface area contributed by atoms with Crippen molar-refractivity contribution in [3.05, 3.63) is 46.7 Å². The Morgan fingerprint density at radius 3 is 2.33 bits per heavy atom. The number of piperidine rings is 2. The summed E-state index contributed by atoms with van der Waals surface area (Å²) in [6.45, 7) is 11.8. The van der Waals surface area contributed by atoms with Gasteiger partial charge in [0.15, 0.2) is 0 Å². The highest BCUT2D eigenvalue weighted by Gasteiger charge is 2.64. The van der Waals surface area contributed by atoms with Crippen LogP contribution in [-0.2, 0) is 9.53 Å². The molecule has 3 aliphatic rings. The number of hydrogen-bond donors (Lipinski definition) is 2. The maximum Gasteiger partial charge on any atom is 0.254 e. The van der Waals surface area contributed by atoms with Gasteiger partial charge in [-0.25, -0.2) is 9.97 Å². The smallest absolute Gasteiger partial charge is 0.254 e. The Labute approximate surface area is 276 Å². The van der Waals surface area contributed by atoms with Gasteiger partial charge in [-0.3, -0.25) is 9.59 Å². The molecular weight excluding hydrogens is 608 g/mol. The number of carbonyl (C=O) groups excluding carboxylic acids is 2. The number of aliphatic hydroxyl groups is 1. The van der Waals surface area contributed by atoms with Crippen molar-refractivity contribution in [1.82, 2.24) is 20.2 Å². The van der Waals surface area contributed by atoms with E-state index in [0.717, 1.165) is 32.4 Å². The molecule has 3 fully saturated rings. The molecule has 12 heteroatoms. The summed E-state index contributed by atoms with van der Waals surface area (Å²) in [5.74, 6) is 1.48. The van der Waals surface area contributed by atoms with E-state index < -0.39 is 0 Å². The quantitative estimate of drug-likeness (QED) is 0.361. The summed E-state index contributed by atoms with van der Waals surface area (Å²) >= 11 is 6.21. The third-order valence-corrected chi connectivity index (χ3v) is 10.3. The van der Waals surface area contributed by atoms with Crippen LogP contribution in [0.3, 0.4) is 0 Å². The Balaban J connectivity index is 1.05. The maximum absolute atomic E-state index is 13.3. The van der Waals surface area contributed by atoms with Gasteiger partial charge < -0.3 is 29.7 Å². The number of ether oxygens (including phenoxy) is 2. The number of halogens is 1. The van der Waals surface area contributed by atoms with E-state index in [9.17, 15) is 14.7 Å². The predicted molar refractivity (Wildman–Crippen MR) is 174 cm³/mol. The number of aliphatic hydroxyl groups excluding tert-OH is 1. The molecule has 0 spiro atoms. The molecule has 1 aliphatic carbocycles. The van der Waals surface area contributed by atoms with E-state index in [1.807, 2.05) is 0 Å². The fraction of sp³-hybridized carbons (Fsp3) is 0.618. The normalized spacial score (nSPS) is 22.9. The molecule has 0 unspecified atom stereocenters. The molecule has 46 heavy (non-hydrogen) atoms. The molecule has 2 N–H and O–H groups in total. The topological polar surface area (TPSA) is 141 Å². The maximum atomic E-state index is 13.3. The van der Waals surface area contributed by atoms with Crippen LogP contribution in [0.4, 0.5) is 5.95 Å². The zero-order valence-electron chi connectivity index (χ0n) is 27.2. The monoisotopic (exact) mass is 652 g/mol. The van der Waals surface area contributed by atoms with Gasteiger partial charge >= 0.3 is 0 Å². The van der Waals surface area contributed by atoms with Crippen LogP contribution in [0.2, 0.25) is 5.02 Å². The lowest BCUT2D eigenvalue weighted by Crippen LogP contribution is -2.74. The van der Waals surface area contributed by atoms with Crippen molar-refractivity contribution in [2.45, 2.75) is 78.0 Å².